The second-order valence-corrected chi connectivity index (χ2v) is 3.44. The lowest BCUT2D eigenvalue weighted by Crippen LogP contribution is -2.13. The van der Waals surface area contributed by atoms with Crippen LogP contribution in [-0.2, 0) is 9.53 Å². The molecule has 0 bridgehead atoms. The SMILES string of the molecule is CCOC(=O)C(C)=C1CCN(C)C1. The molecule has 0 radical (unpaired) electrons. The number of carbonyl (C=O) groups excluding carboxylic acids is 1. The van der Waals surface area contributed by atoms with Crippen molar-refractivity contribution >= 4 is 5.97 Å². The molecule has 3 heteroatoms. The largest absolute Gasteiger partial charge is 0.463 e. The van der Waals surface area contributed by atoms with Crippen LogP contribution in [-0.4, -0.2) is 37.6 Å². The van der Waals surface area contributed by atoms with E-state index in [-0.39, 0.29) is 5.97 Å². The van der Waals surface area contributed by atoms with Crippen molar-refractivity contribution in [3.63, 3.8) is 0 Å². The number of hydrogen-bond donors (Lipinski definition) is 0. The summed E-state index contributed by atoms with van der Waals surface area (Å²) < 4.78 is 4.94. The fraction of sp³-hybridized carbons (Fsp3) is 0.700. The van der Waals surface area contributed by atoms with Crippen molar-refractivity contribution in [2.75, 3.05) is 26.7 Å². The molecule has 1 heterocycles. The van der Waals surface area contributed by atoms with Crippen LogP contribution in [0.25, 0.3) is 0 Å². The first-order valence-electron chi connectivity index (χ1n) is 4.69. The molecular weight excluding hydrogens is 166 g/mol. The third-order valence-corrected chi connectivity index (χ3v) is 2.37. The lowest BCUT2D eigenvalue weighted by atomic mass is 10.1. The maximum Gasteiger partial charge on any atom is 0.333 e. The summed E-state index contributed by atoms with van der Waals surface area (Å²) in [5.74, 6) is -0.159. The number of hydrogen-bond acceptors (Lipinski definition) is 3. The van der Waals surface area contributed by atoms with Crippen LogP contribution in [0.1, 0.15) is 20.3 Å². The Morgan fingerprint density at radius 2 is 2.31 bits per heavy atom. The molecule has 1 aliphatic heterocycles. The molecule has 1 fully saturated rings. The molecule has 0 amide bonds. The van der Waals surface area contributed by atoms with Crippen molar-refractivity contribution in [2.45, 2.75) is 20.3 Å². The molecule has 0 atom stereocenters. The van der Waals surface area contributed by atoms with Gasteiger partial charge in [-0.05, 0) is 32.9 Å². The van der Waals surface area contributed by atoms with Gasteiger partial charge < -0.3 is 9.64 Å². The second kappa shape index (κ2) is 4.42. The summed E-state index contributed by atoms with van der Waals surface area (Å²) in [6, 6.07) is 0. The molecule has 1 aliphatic rings. The van der Waals surface area contributed by atoms with E-state index in [1.807, 2.05) is 13.8 Å². The average Bonchev–Trinajstić information content (AvgIpc) is 2.51. The van der Waals surface area contributed by atoms with Gasteiger partial charge in [0.1, 0.15) is 0 Å². The third-order valence-electron chi connectivity index (χ3n) is 2.37. The number of esters is 1. The molecule has 13 heavy (non-hydrogen) atoms. The molecular formula is C10H17NO2. The van der Waals surface area contributed by atoms with Crippen LogP contribution in [0, 0.1) is 0 Å². The summed E-state index contributed by atoms with van der Waals surface area (Å²) >= 11 is 0. The minimum Gasteiger partial charge on any atom is -0.463 e. The van der Waals surface area contributed by atoms with Crippen molar-refractivity contribution in [3.8, 4) is 0 Å². The highest BCUT2D eigenvalue weighted by molar-refractivity contribution is 5.88. The minimum absolute atomic E-state index is 0.159. The highest BCUT2D eigenvalue weighted by atomic mass is 16.5. The summed E-state index contributed by atoms with van der Waals surface area (Å²) in [5.41, 5.74) is 2.02. The van der Waals surface area contributed by atoms with E-state index in [9.17, 15) is 4.79 Å². The number of likely N-dealkylation sites (tertiary alicyclic amines) is 1. The van der Waals surface area contributed by atoms with Gasteiger partial charge in [-0.3, -0.25) is 0 Å². The summed E-state index contributed by atoms with van der Waals surface area (Å²) in [6.07, 6.45) is 1.00. The van der Waals surface area contributed by atoms with Crippen LogP contribution >= 0.6 is 0 Å². The monoisotopic (exact) mass is 183 g/mol. The van der Waals surface area contributed by atoms with E-state index in [0.29, 0.717) is 6.61 Å². The normalized spacial score (nSPS) is 21.8. The van der Waals surface area contributed by atoms with Crippen LogP contribution in [0.4, 0.5) is 0 Å². The van der Waals surface area contributed by atoms with Gasteiger partial charge in [-0.25, -0.2) is 4.79 Å². The first kappa shape index (κ1) is 10.3. The average molecular weight is 183 g/mol. The Morgan fingerprint density at radius 1 is 1.62 bits per heavy atom. The quantitative estimate of drug-likeness (QED) is 0.476. The number of ether oxygens (including phenoxy) is 1. The van der Waals surface area contributed by atoms with E-state index in [1.165, 1.54) is 5.57 Å². The molecule has 0 aliphatic carbocycles. The standard InChI is InChI=1S/C10H17NO2/c1-4-13-10(12)8(2)9-5-6-11(3)7-9/h4-7H2,1-3H3. The molecule has 3 nitrogen and oxygen atoms in total. The van der Waals surface area contributed by atoms with E-state index in [4.69, 9.17) is 4.74 Å². The number of nitrogens with zero attached hydrogens (tertiary/aromatic N) is 1. The van der Waals surface area contributed by atoms with Crippen LogP contribution in [0.15, 0.2) is 11.1 Å². The van der Waals surface area contributed by atoms with Crippen LogP contribution < -0.4 is 0 Å². The van der Waals surface area contributed by atoms with E-state index >= 15 is 0 Å². The minimum atomic E-state index is -0.159. The molecule has 0 aromatic rings. The van der Waals surface area contributed by atoms with Crippen molar-refractivity contribution < 1.29 is 9.53 Å². The topological polar surface area (TPSA) is 29.5 Å². The smallest absolute Gasteiger partial charge is 0.333 e. The summed E-state index contributed by atoms with van der Waals surface area (Å²) in [7, 11) is 2.06. The first-order chi connectivity index (χ1) is 6.15. The van der Waals surface area contributed by atoms with Gasteiger partial charge in [0.2, 0.25) is 0 Å². The van der Waals surface area contributed by atoms with Gasteiger partial charge in [0, 0.05) is 18.7 Å². The number of rotatable bonds is 2. The first-order valence-corrected chi connectivity index (χ1v) is 4.69. The maximum atomic E-state index is 11.3. The Kier molecular flexibility index (Phi) is 3.48. The van der Waals surface area contributed by atoms with Gasteiger partial charge >= 0.3 is 5.97 Å². The highest BCUT2D eigenvalue weighted by Gasteiger charge is 2.18. The van der Waals surface area contributed by atoms with Crippen molar-refractivity contribution in [1.82, 2.24) is 4.90 Å². The van der Waals surface area contributed by atoms with Crippen molar-refractivity contribution in [2.24, 2.45) is 0 Å². The fourth-order valence-electron chi connectivity index (χ4n) is 1.50. The Balaban J connectivity index is 2.63. The van der Waals surface area contributed by atoms with Crippen LogP contribution in [0.3, 0.4) is 0 Å². The Morgan fingerprint density at radius 3 is 2.77 bits per heavy atom. The molecule has 0 unspecified atom stereocenters. The number of likely N-dealkylation sites (N-methyl/N-ethyl adjacent to an activating group) is 1. The molecule has 0 N–H and O–H groups in total. The summed E-state index contributed by atoms with van der Waals surface area (Å²) in [6.45, 7) is 6.10. The zero-order chi connectivity index (χ0) is 9.84. The van der Waals surface area contributed by atoms with Crippen LogP contribution in [0.5, 0.6) is 0 Å². The third kappa shape index (κ3) is 2.56. The Hall–Kier alpha value is -0.830. The maximum absolute atomic E-state index is 11.3. The predicted molar refractivity (Wildman–Crippen MR) is 51.4 cm³/mol. The van der Waals surface area contributed by atoms with Gasteiger partial charge in [0.15, 0.2) is 0 Å². The molecule has 74 valence electrons. The zero-order valence-corrected chi connectivity index (χ0v) is 8.59. The van der Waals surface area contributed by atoms with Crippen molar-refractivity contribution in [1.29, 1.82) is 0 Å². The van der Waals surface area contributed by atoms with E-state index < -0.39 is 0 Å². The fourth-order valence-corrected chi connectivity index (χ4v) is 1.50. The molecule has 0 aromatic heterocycles. The van der Waals surface area contributed by atoms with Crippen LogP contribution in [0.2, 0.25) is 0 Å². The Labute approximate surface area is 79.4 Å². The van der Waals surface area contributed by atoms with Crippen molar-refractivity contribution in [3.05, 3.63) is 11.1 Å². The molecule has 1 saturated heterocycles. The van der Waals surface area contributed by atoms with E-state index in [1.54, 1.807) is 0 Å². The van der Waals surface area contributed by atoms with Gasteiger partial charge in [-0.1, -0.05) is 0 Å². The van der Waals surface area contributed by atoms with Gasteiger partial charge in [-0.15, -0.1) is 0 Å². The highest BCUT2D eigenvalue weighted by Crippen LogP contribution is 2.18. The van der Waals surface area contributed by atoms with Gasteiger partial charge in [0.05, 0.1) is 6.61 Å². The Bertz CT molecular complexity index is 233. The summed E-state index contributed by atoms with van der Waals surface area (Å²) in [4.78, 5) is 13.5. The predicted octanol–water partition coefficient (Wildman–Crippen LogP) is 1.20. The zero-order valence-electron chi connectivity index (χ0n) is 8.59. The number of carbonyl (C=O) groups is 1. The summed E-state index contributed by atoms with van der Waals surface area (Å²) in [5, 5.41) is 0. The van der Waals surface area contributed by atoms with E-state index in [2.05, 4.69) is 11.9 Å². The second-order valence-electron chi connectivity index (χ2n) is 3.44. The lowest BCUT2D eigenvalue weighted by Gasteiger charge is -2.06. The molecule has 1 rings (SSSR count). The lowest BCUT2D eigenvalue weighted by molar-refractivity contribution is -0.138. The van der Waals surface area contributed by atoms with E-state index in [0.717, 1.165) is 25.1 Å². The van der Waals surface area contributed by atoms with Gasteiger partial charge in [0.25, 0.3) is 0 Å². The molecule has 0 aromatic carbocycles. The van der Waals surface area contributed by atoms with Gasteiger partial charge in [-0.2, -0.15) is 0 Å². The molecule has 0 spiro atoms. The molecule has 0 saturated carbocycles.